The second-order valence-corrected chi connectivity index (χ2v) is 11.4. The predicted octanol–water partition coefficient (Wildman–Crippen LogP) is 8.18. The monoisotopic (exact) mass is 563 g/mol. The number of ether oxygens (including phenoxy) is 1. The van der Waals surface area contributed by atoms with Crippen molar-refractivity contribution in [3.05, 3.63) is 101 Å². The quantitative estimate of drug-likeness (QED) is 0.168. The molecule has 0 amide bonds. The van der Waals surface area contributed by atoms with Crippen LogP contribution in [0.15, 0.2) is 82.6 Å². The fourth-order valence-corrected chi connectivity index (χ4v) is 5.79. The molecular formula is C30H28BrO4S+. The zero-order chi connectivity index (χ0) is 26.0. The van der Waals surface area contributed by atoms with E-state index in [1.54, 1.807) is 36.4 Å². The molecule has 6 heteroatoms. The van der Waals surface area contributed by atoms with Gasteiger partial charge < -0.3 is 4.74 Å². The summed E-state index contributed by atoms with van der Waals surface area (Å²) in [7, 11) is -3.66. The lowest BCUT2D eigenvalue weighted by molar-refractivity contribution is -0.354. The molecule has 0 fully saturated rings. The van der Waals surface area contributed by atoms with Gasteiger partial charge in [-0.25, -0.2) is 12.8 Å². The average molecular weight is 565 g/mol. The summed E-state index contributed by atoms with van der Waals surface area (Å²) >= 11 is 3.60. The average Bonchev–Trinajstić information content (AvgIpc) is 2.88. The van der Waals surface area contributed by atoms with Gasteiger partial charge in [-0.05, 0) is 110 Å². The molecule has 0 aromatic heterocycles. The summed E-state index contributed by atoms with van der Waals surface area (Å²) in [4.78, 5) is 0.377. The fraction of sp³-hybridized carbons (Fsp3) is 0.167. The number of aryl methyl sites for hydroxylation is 3. The molecule has 36 heavy (non-hydrogen) atoms. The number of alkyl halides is 1. The van der Waals surface area contributed by atoms with E-state index >= 15 is 0 Å². The van der Waals surface area contributed by atoms with Crippen molar-refractivity contribution in [2.24, 2.45) is 0 Å². The minimum absolute atomic E-state index is 0.187. The van der Waals surface area contributed by atoms with Crippen LogP contribution in [0.2, 0.25) is 0 Å². The summed E-state index contributed by atoms with van der Waals surface area (Å²) in [5.41, 5.74) is 8.18. The first-order chi connectivity index (χ1) is 17.1. The smallest absolute Gasteiger partial charge is 0.351 e. The summed E-state index contributed by atoms with van der Waals surface area (Å²) in [6.07, 6.45) is 0. The Morgan fingerprint density at radius 2 is 1.28 bits per heavy atom. The van der Waals surface area contributed by atoms with Crippen molar-refractivity contribution in [1.82, 2.24) is 0 Å². The van der Waals surface area contributed by atoms with Gasteiger partial charge in [-0.15, -0.1) is 0 Å². The molecule has 0 bridgehead atoms. The van der Waals surface area contributed by atoms with Gasteiger partial charge in [0.15, 0.2) is 0 Å². The van der Waals surface area contributed by atoms with Gasteiger partial charge in [-0.1, -0.05) is 28.1 Å². The van der Waals surface area contributed by atoms with Crippen LogP contribution in [0.3, 0.4) is 0 Å². The summed E-state index contributed by atoms with van der Waals surface area (Å²) in [6, 6.07) is 21.3. The number of benzene rings is 4. The molecule has 0 aliphatic rings. The lowest BCUT2D eigenvalue weighted by Gasteiger charge is -2.16. The lowest BCUT2D eigenvalue weighted by Crippen LogP contribution is -2.02. The van der Waals surface area contributed by atoms with E-state index in [4.69, 9.17) is 9.16 Å². The zero-order valence-corrected chi connectivity index (χ0v) is 23.2. The minimum Gasteiger partial charge on any atom is -0.457 e. The van der Waals surface area contributed by atoms with Gasteiger partial charge in [0.05, 0.1) is 9.79 Å². The van der Waals surface area contributed by atoms with Crippen molar-refractivity contribution in [2.45, 2.75) is 42.8 Å². The van der Waals surface area contributed by atoms with E-state index in [2.05, 4.69) is 67.8 Å². The number of hydrogen-bond donors (Lipinski definition) is 0. The Morgan fingerprint density at radius 1 is 0.778 bits per heavy atom. The summed E-state index contributed by atoms with van der Waals surface area (Å²) < 4.78 is 37.1. The van der Waals surface area contributed by atoms with E-state index in [-0.39, 0.29) is 9.79 Å². The molecule has 4 nitrogen and oxygen atoms in total. The van der Waals surface area contributed by atoms with Crippen LogP contribution in [0.5, 0.6) is 17.2 Å². The van der Waals surface area contributed by atoms with Crippen molar-refractivity contribution < 1.29 is 17.6 Å². The first-order valence-corrected chi connectivity index (χ1v) is 14.1. The van der Waals surface area contributed by atoms with Crippen LogP contribution < -0.4 is 4.74 Å². The maximum absolute atomic E-state index is 13.0. The number of sulfone groups is 1. The molecule has 184 valence electrons. The molecule has 0 atom stereocenters. The molecule has 4 aromatic carbocycles. The molecule has 4 rings (SSSR count). The summed E-state index contributed by atoms with van der Waals surface area (Å²) in [6.45, 7) is 11.8. The number of halogens is 1. The Balaban J connectivity index is 1.62. The Hall–Kier alpha value is -3.22. The van der Waals surface area contributed by atoms with Crippen LogP contribution >= 0.6 is 15.9 Å². The van der Waals surface area contributed by atoms with E-state index in [1.807, 2.05) is 6.92 Å². The highest BCUT2D eigenvalue weighted by atomic mass is 79.9. The van der Waals surface area contributed by atoms with Gasteiger partial charge in [0.2, 0.25) is 9.84 Å². The van der Waals surface area contributed by atoms with E-state index in [0.29, 0.717) is 16.8 Å². The summed E-state index contributed by atoms with van der Waals surface area (Å²) in [5.74, 6) is 1.82. The largest absolute Gasteiger partial charge is 0.457 e. The van der Waals surface area contributed by atoms with Gasteiger partial charge in [-0.2, -0.15) is 0 Å². The van der Waals surface area contributed by atoms with Crippen LogP contribution in [0.25, 0.3) is 11.1 Å². The lowest BCUT2D eigenvalue weighted by atomic mass is 9.94. The van der Waals surface area contributed by atoms with E-state index < -0.39 is 9.84 Å². The molecule has 4 aromatic rings. The van der Waals surface area contributed by atoms with Crippen molar-refractivity contribution >= 4 is 32.6 Å². The maximum atomic E-state index is 13.0. The molecular weight excluding hydrogens is 536 g/mol. The predicted molar refractivity (Wildman–Crippen MR) is 148 cm³/mol. The Bertz CT molecular complexity index is 1510. The number of hydrogen-bond acceptors (Lipinski definition) is 3. The van der Waals surface area contributed by atoms with Gasteiger partial charge in [0.1, 0.15) is 11.5 Å². The minimum atomic E-state index is -3.66. The SMILES string of the molecule is C=[O+]c1ccc(S(=O)(=O)c2ccc(Oc3c(C)cc(-c4cc(C)c(C)c(C)c4)cc3CBr)cc2)cc1. The molecule has 0 unspecified atom stereocenters. The molecule has 0 radical (unpaired) electrons. The molecule has 0 aliphatic carbocycles. The van der Waals surface area contributed by atoms with Gasteiger partial charge in [0, 0.05) is 23.0 Å². The van der Waals surface area contributed by atoms with Crippen LogP contribution in [0, 0.1) is 27.7 Å². The highest BCUT2D eigenvalue weighted by Crippen LogP contribution is 2.36. The van der Waals surface area contributed by atoms with Crippen molar-refractivity contribution in [3.8, 4) is 28.4 Å². The molecule has 0 saturated carbocycles. The third-order valence-electron chi connectivity index (χ3n) is 6.41. The summed E-state index contributed by atoms with van der Waals surface area (Å²) in [5, 5.41) is 0.625. The second-order valence-electron chi connectivity index (χ2n) is 8.84. The van der Waals surface area contributed by atoms with E-state index in [0.717, 1.165) is 22.4 Å². The number of rotatable bonds is 7. The van der Waals surface area contributed by atoms with Gasteiger partial charge in [-0.3, -0.25) is 0 Å². The Morgan fingerprint density at radius 3 is 1.81 bits per heavy atom. The zero-order valence-electron chi connectivity index (χ0n) is 20.8. The normalized spacial score (nSPS) is 11.4. The molecule has 0 N–H and O–H groups in total. The third kappa shape index (κ3) is 5.15. The Labute approximate surface area is 221 Å². The number of carbonyl (C=O) groups excluding carboxylic acids is 1. The Kier molecular flexibility index (Phi) is 7.48. The molecule has 0 saturated heterocycles. The second kappa shape index (κ2) is 10.4. The third-order valence-corrected chi connectivity index (χ3v) is 8.80. The highest BCUT2D eigenvalue weighted by Gasteiger charge is 2.19. The maximum Gasteiger partial charge on any atom is 0.351 e. The first-order valence-electron chi connectivity index (χ1n) is 11.5. The van der Waals surface area contributed by atoms with Crippen LogP contribution in [0.4, 0.5) is 0 Å². The van der Waals surface area contributed by atoms with Gasteiger partial charge in [0.25, 0.3) is 6.79 Å². The van der Waals surface area contributed by atoms with E-state index in [1.165, 1.54) is 34.4 Å². The molecule has 0 heterocycles. The highest BCUT2D eigenvalue weighted by molar-refractivity contribution is 9.08. The van der Waals surface area contributed by atoms with Crippen molar-refractivity contribution in [1.29, 1.82) is 0 Å². The van der Waals surface area contributed by atoms with Crippen molar-refractivity contribution in [2.75, 3.05) is 0 Å². The standard InChI is InChI=1S/C30H28BrO4S/c1-19-14-23(15-20(2)22(19)4)24-16-21(3)30(25(17-24)18-31)35-27-8-12-29(13-9-27)36(32,33)28-10-6-26(34-5)7-11-28/h6-17H,5,18H2,1-4H3/q+1. The first kappa shape index (κ1) is 25.9. The fourth-order valence-electron chi connectivity index (χ4n) is 4.12. The molecule has 0 aliphatic heterocycles. The van der Waals surface area contributed by atoms with Crippen LogP contribution in [-0.4, -0.2) is 15.2 Å². The van der Waals surface area contributed by atoms with Gasteiger partial charge >= 0.3 is 5.75 Å². The van der Waals surface area contributed by atoms with Crippen LogP contribution in [-0.2, 0) is 19.6 Å². The van der Waals surface area contributed by atoms with E-state index in [9.17, 15) is 8.42 Å². The van der Waals surface area contributed by atoms with Crippen LogP contribution in [0.1, 0.15) is 27.8 Å². The van der Waals surface area contributed by atoms with Crippen molar-refractivity contribution in [3.63, 3.8) is 0 Å². The molecule has 0 spiro atoms. The topological polar surface area (TPSA) is 54.7 Å².